The molecule has 0 unspecified atom stereocenters. The first-order valence-corrected chi connectivity index (χ1v) is 8.05. The van der Waals surface area contributed by atoms with Crippen LogP contribution in [0.1, 0.15) is 30.0 Å². The minimum Gasteiger partial charge on any atom is -0.445 e. The molecule has 0 heterocycles. The van der Waals surface area contributed by atoms with Gasteiger partial charge in [-0.15, -0.1) is 0 Å². The van der Waals surface area contributed by atoms with Gasteiger partial charge in [-0.2, -0.15) is 0 Å². The molecule has 5 heteroatoms. The second-order valence-corrected chi connectivity index (χ2v) is 5.83. The molecular weight excluding hydrogens is 304 g/mol. The maximum Gasteiger partial charge on any atom is 0.408 e. The molecule has 1 aliphatic rings. The summed E-state index contributed by atoms with van der Waals surface area (Å²) in [5.74, 6) is -0.208. The van der Waals surface area contributed by atoms with Gasteiger partial charge in [0.15, 0.2) is 0 Å². The van der Waals surface area contributed by atoms with Gasteiger partial charge >= 0.3 is 6.09 Å². The Bertz CT molecular complexity index is 684. The summed E-state index contributed by atoms with van der Waals surface area (Å²) in [6.07, 6.45) is 1.37. The highest BCUT2D eigenvalue weighted by atomic mass is 16.5. The van der Waals surface area contributed by atoms with E-state index in [0.717, 1.165) is 24.0 Å². The number of rotatable bonds is 6. The fourth-order valence-electron chi connectivity index (χ4n) is 2.34. The summed E-state index contributed by atoms with van der Waals surface area (Å²) in [4.78, 5) is 24.5. The van der Waals surface area contributed by atoms with Crippen LogP contribution in [0.4, 0.5) is 4.79 Å². The standard InChI is InChI=1S/C19H20N2O3/c22-18(20-16-11-12-16)17(15-9-5-2-6-10-15)21-19(23)24-13-14-7-3-1-4-8-14/h1-10,16-17H,11-13H2,(H,20,22)(H,21,23)/t17-/m1/s1. The molecule has 1 atom stereocenters. The molecule has 0 aromatic heterocycles. The lowest BCUT2D eigenvalue weighted by atomic mass is 10.1. The highest BCUT2D eigenvalue weighted by molar-refractivity contribution is 5.87. The van der Waals surface area contributed by atoms with Gasteiger partial charge in [-0.05, 0) is 24.0 Å². The third kappa shape index (κ3) is 4.59. The van der Waals surface area contributed by atoms with Crippen LogP contribution in [-0.2, 0) is 16.1 Å². The molecule has 5 nitrogen and oxygen atoms in total. The van der Waals surface area contributed by atoms with Gasteiger partial charge in [0.05, 0.1) is 0 Å². The summed E-state index contributed by atoms with van der Waals surface area (Å²) in [6, 6.07) is 18.1. The molecule has 0 saturated heterocycles. The van der Waals surface area contributed by atoms with Crippen molar-refractivity contribution in [2.75, 3.05) is 0 Å². The van der Waals surface area contributed by atoms with Crippen LogP contribution < -0.4 is 10.6 Å². The van der Waals surface area contributed by atoms with Crippen molar-refractivity contribution in [2.45, 2.75) is 31.5 Å². The van der Waals surface area contributed by atoms with Crippen molar-refractivity contribution in [1.29, 1.82) is 0 Å². The Hall–Kier alpha value is -2.82. The third-order valence-electron chi connectivity index (χ3n) is 3.79. The van der Waals surface area contributed by atoms with Crippen LogP contribution in [-0.4, -0.2) is 18.0 Å². The highest BCUT2D eigenvalue weighted by Crippen LogP contribution is 2.21. The first kappa shape index (κ1) is 16.1. The van der Waals surface area contributed by atoms with E-state index in [1.807, 2.05) is 60.7 Å². The number of alkyl carbamates (subject to hydrolysis) is 1. The van der Waals surface area contributed by atoms with Crippen molar-refractivity contribution < 1.29 is 14.3 Å². The molecule has 3 rings (SSSR count). The molecule has 2 amide bonds. The van der Waals surface area contributed by atoms with Gasteiger partial charge in [0.2, 0.25) is 5.91 Å². The van der Waals surface area contributed by atoms with Crippen molar-refractivity contribution in [3.63, 3.8) is 0 Å². The summed E-state index contributed by atoms with van der Waals surface area (Å²) in [6.45, 7) is 0.165. The van der Waals surface area contributed by atoms with Gasteiger partial charge < -0.3 is 15.4 Å². The summed E-state index contributed by atoms with van der Waals surface area (Å²) in [5.41, 5.74) is 1.62. The van der Waals surface area contributed by atoms with Crippen LogP contribution >= 0.6 is 0 Å². The van der Waals surface area contributed by atoms with Crippen LogP contribution in [0.3, 0.4) is 0 Å². The van der Waals surface area contributed by atoms with E-state index in [0.29, 0.717) is 0 Å². The molecule has 24 heavy (non-hydrogen) atoms. The van der Waals surface area contributed by atoms with Gasteiger partial charge in [0, 0.05) is 6.04 Å². The number of hydrogen-bond acceptors (Lipinski definition) is 3. The minimum absolute atomic E-state index is 0.165. The van der Waals surface area contributed by atoms with E-state index in [1.54, 1.807) is 0 Å². The fourth-order valence-corrected chi connectivity index (χ4v) is 2.34. The first-order chi connectivity index (χ1) is 11.7. The zero-order valence-electron chi connectivity index (χ0n) is 13.3. The fraction of sp³-hybridized carbons (Fsp3) is 0.263. The number of carbonyl (C=O) groups excluding carboxylic acids is 2. The normalized spacial score (nSPS) is 14.5. The van der Waals surface area contributed by atoms with Crippen molar-refractivity contribution in [1.82, 2.24) is 10.6 Å². The van der Waals surface area contributed by atoms with Crippen LogP contribution in [0.2, 0.25) is 0 Å². The number of carbonyl (C=O) groups is 2. The first-order valence-electron chi connectivity index (χ1n) is 8.05. The Morgan fingerprint density at radius 3 is 2.25 bits per heavy atom. The predicted octanol–water partition coefficient (Wildman–Crippen LogP) is 2.93. The van der Waals surface area contributed by atoms with Crippen molar-refractivity contribution in [2.24, 2.45) is 0 Å². The van der Waals surface area contributed by atoms with E-state index < -0.39 is 12.1 Å². The Morgan fingerprint density at radius 1 is 1.00 bits per heavy atom. The lowest BCUT2D eigenvalue weighted by molar-refractivity contribution is -0.123. The monoisotopic (exact) mass is 324 g/mol. The van der Waals surface area contributed by atoms with Crippen LogP contribution in [0.5, 0.6) is 0 Å². The largest absolute Gasteiger partial charge is 0.445 e. The molecule has 1 saturated carbocycles. The van der Waals surface area contributed by atoms with Crippen molar-refractivity contribution >= 4 is 12.0 Å². The molecule has 2 aromatic carbocycles. The summed E-state index contributed by atoms with van der Waals surface area (Å²) >= 11 is 0. The molecule has 1 fully saturated rings. The van der Waals surface area contributed by atoms with Crippen LogP contribution in [0.25, 0.3) is 0 Å². The molecule has 124 valence electrons. The Labute approximate surface area is 141 Å². The minimum atomic E-state index is -0.755. The number of hydrogen-bond donors (Lipinski definition) is 2. The number of nitrogens with one attached hydrogen (secondary N) is 2. The van der Waals surface area contributed by atoms with Crippen molar-refractivity contribution in [3.8, 4) is 0 Å². The van der Waals surface area contributed by atoms with E-state index in [1.165, 1.54) is 0 Å². The zero-order chi connectivity index (χ0) is 16.8. The number of ether oxygens (including phenoxy) is 1. The van der Waals surface area contributed by atoms with E-state index in [9.17, 15) is 9.59 Å². The van der Waals surface area contributed by atoms with Gasteiger partial charge in [0.1, 0.15) is 12.6 Å². The third-order valence-corrected chi connectivity index (χ3v) is 3.79. The van der Waals surface area contributed by atoms with E-state index in [2.05, 4.69) is 10.6 Å². The SMILES string of the molecule is O=C(N[C@@H](C(=O)NC1CC1)c1ccccc1)OCc1ccccc1. The molecule has 0 aliphatic heterocycles. The maximum absolute atomic E-state index is 12.4. The van der Waals surface area contributed by atoms with Crippen LogP contribution in [0.15, 0.2) is 60.7 Å². The summed E-state index contributed by atoms with van der Waals surface area (Å²) in [5, 5.41) is 5.59. The van der Waals surface area contributed by atoms with Gasteiger partial charge in [-0.3, -0.25) is 4.79 Å². The Balaban J connectivity index is 1.62. The second-order valence-electron chi connectivity index (χ2n) is 5.83. The molecule has 2 aromatic rings. The maximum atomic E-state index is 12.4. The molecule has 0 spiro atoms. The van der Waals surface area contributed by atoms with Crippen LogP contribution in [0, 0.1) is 0 Å². The van der Waals surface area contributed by atoms with E-state index in [-0.39, 0.29) is 18.6 Å². The average Bonchev–Trinajstić information content (AvgIpc) is 3.43. The van der Waals surface area contributed by atoms with Gasteiger partial charge in [-0.25, -0.2) is 4.79 Å². The van der Waals surface area contributed by atoms with E-state index >= 15 is 0 Å². The molecule has 1 aliphatic carbocycles. The van der Waals surface area contributed by atoms with Crippen molar-refractivity contribution in [3.05, 3.63) is 71.8 Å². The number of amides is 2. The molecule has 2 N–H and O–H groups in total. The Kier molecular flexibility index (Phi) is 5.11. The van der Waals surface area contributed by atoms with Gasteiger partial charge in [-0.1, -0.05) is 60.7 Å². The topological polar surface area (TPSA) is 67.4 Å². The quantitative estimate of drug-likeness (QED) is 0.858. The van der Waals surface area contributed by atoms with Gasteiger partial charge in [0.25, 0.3) is 0 Å². The lowest BCUT2D eigenvalue weighted by Crippen LogP contribution is -2.41. The molecule has 0 radical (unpaired) electrons. The Morgan fingerprint density at radius 2 is 1.62 bits per heavy atom. The number of benzene rings is 2. The summed E-state index contributed by atoms with van der Waals surface area (Å²) < 4.78 is 5.22. The molecular formula is C19H20N2O3. The summed E-state index contributed by atoms with van der Waals surface area (Å²) in [7, 11) is 0. The second kappa shape index (κ2) is 7.64. The zero-order valence-corrected chi connectivity index (χ0v) is 13.3. The van der Waals surface area contributed by atoms with E-state index in [4.69, 9.17) is 4.74 Å². The highest BCUT2D eigenvalue weighted by Gasteiger charge is 2.29. The average molecular weight is 324 g/mol. The smallest absolute Gasteiger partial charge is 0.408 e. The lowest BCUT2D eigenvalue weighted by Gasteiger charge is -2.18. The predicted molar refractivity (Wildman–Crippen MR) is 90.1 cm³/mol. The molecule has 0 bridgehead atoms.